The number of rotatable bonds is 6. The molecule has 1 aliphatic rings. The molecule has 2 N–H and O–H groups in total. The molecule has 0 aliphatic carbocycles. The van der Waals surface area contributed by atoms with Gasteiger partial charge in [-0.3, -0.25) is 9.79 Å². The quantitative estimate of drug-likeness (QED) is 0.365. The SMILES string of the molecule is CCC(C)NC(=NC)NCCC(=O)N1CCN(c2ccc(F)cc2)CC1.I. The zero-order chi connectivity index (χ0) is 18.9. The summed E-state index contributed by atoms with van der Waals surface area (Å²) in [6, 6.07) is 6.85. The largest absolute Gasteiger partial charge is 0.368 e. The highest BCUT2D eigenvalue weighted by atomic mass is 127. The lowest BCUT2D eigenvalue weighted by Crippen LogP contribution is -2.49. The number of guanidine groups is 1. The summed E-state index contributed by atoms with van der Waals surface area (Å²) in [5.74, 6) is 0.649. The third-order valence-electron chi connectivity index (χ3n) is 4.67. The third-order valence-corrected chi connectivity index (χ3v) is 4.67. The first kappa shape index (κ1) is 23.5. The van der Waals surface area contributed by atoms with Crippen molar-refractivity contribution in [2.45, 2.75) is 32.7 Å². The molecule has 1 heterocycles. The minimum absolute atomic E-state index is 0. The van der Waals surface area contributed by atoms with E-state index < -0.39 is 0 Å². The van der Waals surface area contributed by atoms with Gasteiger partial charge in [-0.1, -0.05) is 6.92 Å². The normalized spacial score (nSPS) is 15.8. The molecule has 0 bridgehead atoms. The molecule has 1 aromatic carbocycles. The van der Waals surface area contributed by atoms with E-state index in [-0.39, 0.29) is 35.7 Å². The molecular weight excluding hydrogens is 460 g/mol. The second kappa shape index (κ2) is 12.0. The van der Waals surface area contributed by atoms with E-state index in [0.29, 0.717) is 32.1 Å². The Morgan fingerprint density at radius 3 is 2.41 bits per heavy atom. The van der Waals surface area contributed by atoms with E-state index in [1.165, 1.54) is 12.1 Å². The topological polar surface area (TPSA) is 60.0 Å². The Labute approximate surface area is 178 Å². The first-order valence-electron chi connectivity index (χ1n) is 9.29. The number of piperazine rings is 1. The molecule has 1 unspecified atom stereocenters. The van der Waals surface area contributed by atoms with E-state index >= 15 is 0 Å². The van der Waals surface area contributed by atoms with Crippen LogP contribution in [-0.2, 0) is 4.79 Å². The van der Waals surface area contributed by atoms with Crippen molar-refractivity contribution < 1.29 is 9.18 Å². The van der Waals surface area contributed by atoms with Gasteiger partial charge in [-0.05, 0) is 37.6 Å². The van der Waals surface area contributed by atoms with Crippen LogP contribution in [0.1, 0.15) is 26.7 Å². The Morgan fingerprint density at radius 1 is 1.22 bits per heavy atom. The predicted molar refractivity (Wildman–Crippen MR) is 119 cm³/mol. The van der Waals surface area contributed by atoms with Gasteiger partial charge in [-0.15, -0.1) is 24.0 Å². The zero-order valence-corrected chi connectivity index (χ0v) is 18.7. The fourth-order valence-corrected chi connectivity index (χ4v) is 2.84. The van der Waals surface area contributed by atoms with Crippen LogP contribution in [0.25, 0.3) is 0 Å². The second-order valence-electron chi connectivity index (χ2n) is 6.55. The maximum Gasteiger partial charge on any atom is 0.224 e. The third kappa shape index (κ3) is 7.51. The predicted octanol–water partition coefficient (Wildman–Crippen LogP) is 2.45. The summed E-state index contributed by atoms with van der Waals surface area (Å²) in [5, 5.41) is 6.47. The first-order chi connectivity index (χ1) is 12.5. The van der Waals surface area contributed by atoms with Crippen molar-refractivity contribution >= 4 is 41.5 Å². The Morgan fingerprint density at radius 2 is 1.85 bits per heavy atom. The summed E-state index contributed by atoms with van der Waals surface area (Å²) < 4.78 is 13.0. The average molecular weight is 491 g/mol. The van der Waals surface area contributed by atoms with Crippen LogP contribution in [0.2, 0.25) is 0 Å². The lowest BCUT2D eigenvalue weighted by molar-refractivity contribution is -0.131. The molecule has 0 saturated carbocycles. The summed E-state index contributed by atoms with van der Waals surface area (Å²) in [6.07, 6.45) is 1.45. The van der Waals surface area contributed by atoms with Crippen LogP contribution in [0.15, 0.2) is 29.3 Å². The van der Waals surface area contributed by atoms with Crippen LogP contribution in [-0.4, -0.2) is 62.6 Å². The molecule has 1 aliphatic heterocycles. The fourth-order valence-electron chi connectivity index (χ4n) is 2.84. The van der Waals surface area contributed by atoms with E-state index in [4.69, 9.17) is 0 Å². The monoisotopic (exact) mass is 491 g/mol. The number of anilines is 1. The standard InChI is InChI=1S/C19H30FN5O.HI/c1-4-15(2)23-19(21-3)22-10-9-18(26)25-13-11-24(12-14-25)17-7-5-16(20)6-8-17;/h5-8,15H,4,9-14H2,1-3H3,(H2,21,22,23);1H. The number of amides is 1. The van der Waals surface area contributed by atoms with Crippen LogP contribution in [0.4, 0.5) is 10.1 Å². The van der Waals surface area contributed by atoms with Gasteiger partial charge in [0.25, 0.3) is 0 Å². The summed E-state index contributed by atoms with van der Waals surface area (Å²) >= 11 is 0. The number of hydrogen-bond acceptors (Lipinski definition) is 3. The van der Waals surface area contributed by atoms with E-state index in [0.717, 1.165) is 31.2 Å². The van der Waals surface area contributed by atoms with Gasteiger partial charge in [0, 0.05) is 57.9 Å². The first-order valence-corrected chi connectivity index (χ1v) is 9.29. The lowest BCUT2D eigenvalue weighted by Gasteiger charge is -2.36. The van der Waals surface area contributed by atoms with Crippen molar-refractivity contribution in [1.82, 2.24) is 15.5 Å². The average Bonchev–Trinajstić information content (AvgIpc) is 2.67. The molecule has 2 rings (SSSR count). The highest BCUT2D eigenvalue weighted by Crippen LogP contribution is 2.17. The van der Waals surface area contributed by atoms with Crippen molar-refractivity contribution in [3.63, 3.8) is 0 Å². The number of benzene rings is 1. The van der Waals surface area contributed by atoms with Crippen molar-refractivity contribution in [3.8, 4) is 0 Å². The fraction of sp³-hybridized carbons (Fsp3) is 0.579. The van der Waals surface area contributed by atoms with E-state index in [9.17, 15) is 9.18 Å². The van der Waals surface area contributed by atoms with Crippen molar-refractivity contribution in [2.24, 2.45) is 4.99 Å². The van der Waals surface area contributed by atoms with Gasteiger partial charge in [0.05, 0.1) is 0 Å². The van der Waals surface area contributed by atoms with Gasteiger partial charge in [0.15, 0.2) is 5.96 Å². The Kier molecular flexibility index (Phi) is 10.4. The molecule has 1 amide bonds. The molecule has 0 spiro atoms. The molecule has 0 aromatic heterocycles. The van der Waals surface area contributed by atoms with Gasteiger partial charge in [-0.25, -0.2) is 4.39 Å². The number of carbonyl (C=O) groups excluding carboxylic acids is 1. The molecule has 1 atom stereocenters. The van der Waals surface area contributed by atoms with Gasteiger partial charge < -0.3 is 20.4 Å². The molecule has 27 heavy (non-hydrogen) atoms. The van der Waals surface area contributed by atoms with Crippen LogP contribution in [0.3, 0.4) is 0 Å². The Balaban J connectivity index is 0.00000364. The maximum absolute atomic E-state index is 13.0. The highest BCUT2D eigenvalue weighted by Gasteiger charge is 2.21. The molecule has 1 aromatic rings. The van der Waals surface area contributed by atoms with Crippen LogP contribution >= 0.6 is 24.0 Å². The summed E-state index contributed by atoms with van der Waals surface area (Å²) in [6.45, 7) is 7.68. The molecule has 8 heteroatoms. The van der Waals surface area contributed by atoms with Gasteiger partial charge in [-0.2, -0.15) is 0 Å². The minimum Gasteiger partial charge on any atom is -0.368 e. The highest BCUT2D eigenvalue weighted by molar-refractivity contribution is 14.0. The number of hydrogen-bond donors (Lipinski definition) is 2. The van der Waals surface area contributed by atoms with E-state index in [2.05, 4.69) is 34.4 Å². The molecule has 6 nitrogen and oxygen atoms in total. The van der Waals surface area contributed by atoms with E-state index in [1.54, 1.807) is 19.2 Å². The number of halogens is 2. The van der Waals surface area contributed by atoms with Crippen molar-refractivity contribution in [1.29, 1.82) is 0 Å². The van der Waals surface area contributed by atoms with Crippen LogP contribution in [0, 0.1) is 5.82 Å². The van der Waals surface area contributed by atoms with Crippen LogP contribution < -0.4 is 15.5 Å². The Hall–Kier alpha value is -1.58. The minimum atomic E-state index is -0.229. The molecule has 0 radical (unpaired) electrons. The van der Waals surface area contributed by atoms with Crippen molar-refractivity contribution in [2.75, 3.05) is 44.7 Å². The van der Waals surface area contributed by atoms with Gasteiger partial charge in [0.2, 0.25) is 5.91 Å². The second-order valence-corrected chi connectivity index (χ2v) is 6.55. The summed E-state index contributed by atoms with van der Waals surface area (Å²) in [4.78, 5) is 20.6. The molecule has 152 valence electrons. The summed E-state index contributed by atoms with van der Waals surface area (Å²) in [5.41, 5.74) is 1.00. The zero-order valence-electron chi connectivity index (χ0n) is 16.4. The number of nitrogens with one attached hydrogen (secondary N) is 2. The van der Waals surface area contributed by atoms with Crippen molar-refractivity contribution in [3.05, 3.63) is 30.1 Å². The smallest absolute Gasteiger partial charge is 0.224 e. The van der Waals surface area contributed by atoms with Crippen LogP contribution in [0.5, 0.6) is 0 Å². The Bertz CT molecular complexity index is 603. The maximum atomic E-state index is 13.0. The molecular formula is C19H31FIN5O. The molecule has 1 fully saturated rings. The molecule has 1 saturated heterocycles. The van der Waals surface area contributed by atoms with Gasteiger partial charge >= 0.3 is 0 Å². The number of carbonyl (C=O) groups is 1. The number of aliphatic imine (C=N–C) groups is 1. The van der Waals surface area contributed by atoms with E-state index in [1.807, 2.05) is 4.90 Å². The lowest BCUT2D eigenvalue weighted by atomic mass is 10.2. The summed E-state index contributed by atoms with van der Waals surface area (Å²) in [7, 11) is 1.73. The van der Waals surface area contributed by atoms with Gasteiger partial charge in [0.1, 0.15) is 5.82 Å². The number of nitrogens with zero attached hydrogens (tertiary/aromatic N) is 3.